The van der Waals surface area contributed by atoms with Gasteiger partial charge in [0.05, 0.1) is 6.42 Å². The Bertz CT molecular complexity index is 641. The van der Waals surface area contributed by atoms with Gasteiger partial charge in [-0.15, -0.1) is 12.4 Å². The maximum Gasteiger partial charge on any atom is 0.224 e. The maximum atomic E-state index is 13.0. The lowest BCUT2D eigenvalue weighted by atomic mass is 9.96. The number of hydrogen-bond donors (Lipinski definition) is 2. The molecule has 0 radical (unpaired) electrons. The van der Waals surface area contributed by atoms with Gasteiger partial charge in [-0.3, -0.25) is 4.79 Å². The van der Waals surface area contributed by atoms with Crippen LogP contribution in [0.5, 0.6) is 0 Å². The first-order valence-corrected chi connectivity index (χ1v) is 7.82. The first-order valence-electron chi connectivity index (χ1n) is 7.82. The van der Waals surface area contributed by atoms with Crippen LogP contribution in [0.25, 0.3) is 0 Å². The quantitative estimate of drug-likeness (QED) is 0.779. The summed E-state index contributed by atoms with van der Waals surface area (Å²) in [4.78, 5) is 12.3. The molecule has 5 heteroatoms. The standard InChI is InChI=1S/C19H23FN2O.ClH/c1-13(2)18(11-14-3-7-16(20)8-4-14)22-19(23)12-15-5-9-17(21)10-6-15;/h3-10,13,18H,11-12,21H2,1-2H3,(H,22,23);1H. The molecule has 0 aliphatic rings. The SMILES string of the molecule is CC(C)C(Cc1ccc(F)cc1)NC(=O)Cc1ccc(N)cc1.Cl. The molecule has 1 atom stereocenters. The Kier molecular flexibility index (Phi) is 7.72. The summed E-state index contributed by atoms with van der Waals surface area (Å²) in [6.45, 7) is 4.13. The molecule has 0 saturated carbocycles. The topological polar surface area (TPSA) is 55.1 Å². The lowest BCUT2D eigenvalue weighted by Gasteiger charge is -2.22. The summed E-state index contributed by atoms with van der Waals surface area (Å²) in [5.41, 5.74) is 8.28. The molecule has 0 aliphatic heterocycles. The number of anilines is 1. The van der Waals surface area contributed by atoms with Gasteiger partial charge in [0.1, 0.15) is 5.82 Å². The predicted molar refractivity (Wildman–Crippen MR) is 98.7 cm³/mol. The molecule has 0 heterocycles. The van der Waals surface area contributed by atoms with Gasteiger partial charge in [-0.1, -0.05) is 38.1 Å². The first kappa shape index (κ1) is 20.0. The number of nitrogens with one attached hydrogen (secondary N) is 1. The van der Waals surface area contributed by atoms with Crippen molar-refractivity contribution in [1.82, 2.24) is 5.32 Å². The fraction of sp³-hybridized carbons (Fsp3) is 0.316. The molecule has 2 aromatic rings. The number of carbonyl (C=O) groups excluding carboxylic acids is 1. The van der Waals surface area contributed by atoms with Crippen LogP contribution in [-0.2, 0) is 17.6 Å². The molecule has 0 spiro atoms. The average Bonchev–Trinajstić information content (AvgIpc) is 2.51. The maximum absolute atomic E-state index is 13.0. The Hall–Kier alpha value is -2.07. The second-order valence-electron chi connectivity index (χ2n) is 6.17. The summed E-state index contributed by atoms with van der Waals surface area (Å²) >= 11 is 0. The zero-order valence-electron chi connectivity index (χ0n) is 14.0. The molecular weight excluding hydrogens is 327 g/mol. The Morgan fingerprint density at radius 1 is 1.04 bits per heavy atom. The van der Waals surface area contributed by atoms with Crippen molar-refractivity contribution in [2.75, 3.05) is 5.73 Å². The monoisotopic (exact) mass is 350 g/mol. The molecule has 3 N–H and O–H groups in total. The fourth-order valence-corrected chi connectivity index (χ4v) is 2.41. The van der Waals surface area contributed by atoms with Crippen LogP contribution in [0.2, 0.25) is 0 Å². The van der Waals surface area contributed by atoms with Crippen molar-refractivity contribution in [3.05, 3.63) is 65.5 Å². The Labute approximate surface area is 148 Å². The lowest BCUT2D eigenvalue weighted by Crippen LogP contribution is -2.40. The van der Waals surface area contributed by atoms with Crippen LogP contribution in [0.15, 0.2) is 48.5 Å². The van der Waals surface area contributed by atoms with Crippen molar-refractivity contribution in [2.45, 2.75) is 32.7 Å². The van der Waals surface area contributed by atoms with Crippen LogP contribution >= 0.6 is 12.4 Å². The molecule has 0 aromatic heterocycles. The van der Waals surface area contributed by atoms with Crippen LogP contribution in [0.4, 0.5) is 10.1 Å². The average molecular weight is 351 g/mol. The smallest absolute Gasteiger partial charge is 0.224 e. The minimum absolute atomic E-state index is 0. The van der Waals surface area contributed by atoms with Crippen molar-refractivity contribution >= 4 is 24.0 Å². The predicted octanol–water partition coefficient (Wildman–Crippen LogP) is 3.76. The Morgan fingerprint density at radius 3 is 2.12 bits per heavy atom. The van der Waals surface area contributed by atoms with E-state index in [1.165, 1.54) is 12.1 Å². The summed E-state index contributed by atoms with van der Waals surface area (Å²) < 4.78 is 13.0. The molecule has 0 fully saturated rings. The number of benzene rings is 2. The van der Waals surface area contributed by atoms with Crippen molar-refractivity contribution in [2.24, 2.45) is 5.92 Å². The van der Waals surface area contributed by atoms with Gasteiger partial charge >= 0.3 is 0 Å². The number of carbonyl (C=O) groups is 1. The zero-order valence-corrected chi connectivity index (χ0v) is 14.8. The molecule has 0 bridgehead atoms. The van der Waals surface area contributed by atoms with E-state index in [9.17, 15) is 9.18 Å². The van der Waals surface area contributed by atoms with Gasteiger partial charge in [-0.05, 0) is 47.7 Å². The van der Waals surface area contributed by atoms with E-state index in [4.69, 9.17) is 5.73 Å². The third-order valence-corrected chi connectivity index (χ3v) is 3.86. The minimum atomic E-state index is -0.248. The normalized spacial score (nSPS) is 11.7. The largest absolute Gasteiger partial charge is 0.399 e. The van der Waals surface area contributed by atoms with E-state index >= 15 is 0 Å². The van der Waals surface area contributed by atoms with Gasteiger partial charge in [-0.25, -0.2) is 4.39 Å². The van der Waals surface area contributed by atoms with Crippen molar-refractivity contribution < 1.29 is 9.18 Å². The highest BCUT2D eigenvalue weighted by Gasteiger charge is 2.17. The third kappa shape index (κ3) is 6.20. The first-order chi connectivity index (χ1) is 10.9. The second kappa shape index (κ2) is 9.28. The van der Waals surface area contributed by atoms with Crippen LogP contribution in [0.1, 0.15) is 25.0 Å². The van der Waals surface area contributed by atoms with Gasteiger partial charge < -0.3 is 11.1 Å². The molecule has 1 amide bonds. The zero-order chi connectivity index (χ0) is 16.8. The molecule has 3 nitrogen and oxygen atoms in total. The highest BCUT2D eigenvalue weighted by Crippen LogP contribution is 2.12. The van der Waals surface area contributed by atoms with E-state index in [-0.39, 0.29) is 36.1 Å². The van der Waals surface area contributed by atoms with Crippen LogP contribution < -0.4 is 11.1 Å². The second-order valence-corrected chi connectivity index (χ2v) is 6.17. The summed E-state index contributed by atoms with van der Waals surface area (Å²) in [5, 5.41) is 3.08. The number of hydrogen-bond acceptors (Lipinski definition) is 2. The molecule has 0 saturated heterocycles. The lowest BCUT2D eigenvalue weighted by molar-refractivity contribution is -0.121. The van der Waals surface area contributed by atoms with E-state index in [2.05, 4.69) is 19.2 Å². The highest BCUT2D eigenvalue weighted by atomic mass is 35.5. The summed E-state index contributed by atoms with van der Waals surface area (Å²) in [6, 6.07) is 13.7. The minimum Gasteiger partial charge on any atom is -0.399 e. The van der Waals surface area contributed by atoms with E-state index in [0.717, 1.165) is 11.1 Å². The van der Waals surface area contributed by atoms with Crippen molar-refractivity contribution in [1.29, 1.82) is 0 Å². The van der Waals surface area contributed by atoms with Gasteiger partial charge in [0.25, 0.3) is 0 Å². The van der Waals surface area contributed by atoms with Gasteiger partial charge in [-0.2, -0.15) is 0 Å². The molecular formula is C19H24ClFN2O. The molecule has 24 heavy (non-hydrogen) atoms. The molecule has 2 aromatic carbocycles. The van der Waals surface area contributed by atoms with Crippen LogP contribution in [-0.4, -0.2) is 11.9 Å². The molecule has 130 valence electrons. The molecule has 0 aliphatic carbocycles. The molecule has 2 rings (SSSR count). The number of rotatable bonds is 6. The number of nitrogen functional groups attached to an aromatic ring is 1. The van der Waals surface area contributed by atoms with Gasteiger partial charge in [0.15, 0.2) is 0 Å². The van der Waals surface area contributed by atoms with E-state index < -0.39 is 0 Å². The highest BCUT2D eigenvalue weighted by molar-refractivity contribution is 5.85. The van der Waals surface area contributed by atoms with Crippen molar-refractivity contribution in [3.63, 3.8) is 0 Å². The van der Waals surface area contributed by atoms with E-state index in [0.29, 0.717) is 18.5 Å². The summed E-state index contributed by atoms with van der Waals surface area (Å²) in [7, 11) is 0. The number of nitrogens with two attached hydrogens (primary N) is 1. The third-order valence-electron chi connectivity index (χ3n) is 3.86. The summed E-state index contributed by atoms with van der Waals surface area (Å²) in [6.07, 6.45) is 1.01. The van der Waals surface area contributed by atoms with Gasteiger partial charge in [0, 0.05) is 11.7 Å². The Balaban J connectivity index is 0.00000288. The van der Waals surface area contributed by atoms with E-state index in [1.807, 2.05) is 12.1 Å². The number of halogens is 2. The molecule has 1 unspecified atom stereocenters. The van der Waals surface area contributed by atoms with Gasteiger partial charge in [0.2, 0.25) is 5.91 Å². The fourth-order valence-electron chi connectivity index (χ4n) is 2.41. The van der Waals surface area contributed by atoms with E-state index in [1.54, 1.807) is 24.3 Å². The van der Waals surface area contributed by atoms with Crippen molar-refractivity contribution in [3.8, 4) is 0 Å². The number of amides is 1. The van der Waals surface area contributed by atoms with Crippen LogP contribution in [0, 0.1) is 11.7 Å². The summed E-state index contributed by atoms with van der Waals surface area (Å²) in [5.74, 6) is 0.0215. The van der Waals surface area contributed by atoms with Crippen LogP contribution in [0.3, 0.4) is 0 Å². The Morgan fingerprint density at radius 2 is 1.58 bits per heavy atom.